The molecule has 1 amide bonds. The Morgan fingerprint density at radius 3 is 2.71 bits per heavy atom. The highest BCUT2D eigenvalue weighted by Gasteiger charge is 2.08. The number of nitrogens with two attached hydrogens (primary N) is 1. The van der Waals surface area contributed by atoms with Crippen LogP contribution in [0.5, 0.6) is 0 Å². The van der Waals surface area contributed by atoms with Crippen molar-refractivity contribution in [2.24, 2.45) is 0 Å². The summed E-state index contributed by atoms with van der Waals surface area (Å²) >= 11 is 3.28. The molecule has 5 nitrogen and oxygen atoms in total. The zero-order valence-electron chi connectivity index (χ0n) is 8.72. The van der Waals surface area contributed by atoms with E-state index in [1.165, 1.54) is 6.20 Å². The van der Waals surface area contributed by atoms with Gasteiger partial charge in [0.15, 0.2) is 0 Å². The number of anilines is 2. The molecule has 0 bridgehead atoms. The van der Waals surface area contributed by atoms with Gasteiger partial charge in [-0.15, -0.1) is 0 Å². The fraction of sp³-hybridized carbons (Fsp3) is 0. The number of pyridine rings is 2. The minimum absolute atomic E-state index is 0.245. The van der Waals surface area contributed by atoms with Crippen LogP contribution >= 0.6 is 15.9 Å². The number of carbonyl (C=O) groups is 1. The molecular weight excluding hydrogens is 284 g/mol. The molecule has 17 heavy (non-hydrogen) atoms. The van der Waals surface area contributed by atoms with Crippen molar-refractivity contribution in [2.45, 2.75) is 0 Å². The molecule has 0 saturated carbocycles. The summed E-state index contributed by atoms with van der Waals surface area (Å²) in [6.07, 6.45) is 4.59. The second-order valence-electron chi connectivity index (χ2n) is 3.29. The van der Waals surface area contributed by atoms with Crippen LogP contribution in [0.3, 0.4) is 0 Å². The molecule has 0 saturated heterocycles. The lowest BCUT2D eigenvalue weighted by Crippen LogP contribution is -2.13. The number of hydrogen-bond acceptors (Lipinski definition) is 4. The van der Waals surface area contributed by atoms with Gasteiger partial charge < -0.3 is 11.1 Å². The third kappa shape index (κ3) is 2.79. The first-order chi connectivity index (χ1) is 8.16. The maximum Gasteiger partial charge on any atom is 0.256 e. The van der Waals surface area contributed by atoms with Gasteiger partial charge in [-0.25, -0.2) is 4.98 Å². The number of nitrogens with one attached hydrogen (secondary N) is 1. The Hall–Kier alpha value is -1.95. The highest BCUT2D eigenvalue weighted by molar-refractivity contribution is 9.10. The van der Waals surface area contributed by atoms with Crippen molar-refractivity contribution in [3.8, 4) is 0 Å². The minimum Gasteiger partial charge on any atom is -0.397 e. The van der Waals surface area contributed by atoms with Gasteiger partial charge >= 0.3 is 0 Å². The number of aromatic nitrogens is 2. The summed E-state index contributed by atoms with van der Waals surface area (Å²) in [4.78, 5) is 19.7. The molecule has 0 radical (unpaired) electrons. The number of rotatable bonds is 2. The standard InChI is InChI=1S/C11H9BrN4O/c12-9-5-8(13)6-15-10(9)16-11(17)7-1-3-14-4-2-7/h1-6H,13H2,(H,15,16,17). The van der Waals surface area contributed by atoms with Crippen LogP contribution in [0.15, 0.2) is 41.3 Å². The monoisotopic (exact) mass is 292 g/mol. The number of nitrogens with zero attached hydrogens (tertiary/aromatic N) is 2. The van der Waals surface area contributed by atoms with Crippen molar-refractivity contribution < 1.29 is 4.79 Å². The Morgan fingerprint density at radius 1 is 1.35 bits per heavy atom. The van der Waals surface area contributed by atoms with E-state index in [9.17, 15) is 4.79 Å². The summed E-state index contributed by atoms with van der Waals surface area (Å²) in [5.74, 6) is 0.186. The van der Waals surface area contributed by atoms with Gasteiger partial charge in [0.25, 0.3) is 5.91 Å². The third-order valence-corrected chi connectivity index (χ3v) is 2.64. The summed E-state index contributed by atoms with van der Waals surface area (Å²) in [6, 6.07) is 4.93. The molecule has 2 rings (SSSR count). The van der Waals surface area contributed by atoms with Crippen molar-refractivity contribution in [2.75, 3.05) is 11.1 Å². The van der Waals surface area contributed by atoms with E-state index in [2.05, 4.69) is 31.2 Å². The second-order valence-corrected chi connectivity index (χ2v) is 4.14. The van der Waals surface area contributed by atoms with Crippen molar-refractivity contribution in [3.63, 3.8) is 0 Å². The lowest BCUT2D eigenvalue weighted by atomic mass is 10.2. The smallest absolute Gasteiger partial charge is 0.256 e. The van der Waals surface area contributed by atoms with Gasteiger partial charge in [0.05, 0.1) is 16.4 Å². The van der Waals surface area contributed by atoms with E-state index in [0.717, 1.165) is 0 Å². The first kappa shape index (κ1) is 11.5. The van der Waals surface area contributed by atoms with Gasteiger partial charge in [-0.05, 0) is 34.1 Å². The van der Waals surface area contributed by atoms with Crippen LogP contribution < -0.4 is 11.1 Å². The minimum atomic E-state index is -0.245. The first-order valence-electron chi connectivity index (χ1n) is 4.79. The average molecular weight is 293 g/mol. The van der Waals surface area contributed by atoms with Gasteiger partial charge in [-0.2, -0.15) is 0 Å². The topological polar surface area (TPSA) is 80.9 Å². The Balaban J connectivity index is 2.19. The molecule has 0 aliphatic heterocycles. The fourth-order valence-electron chi connectivity index (χ4n) is 1.23. The van der Waals surface area contributed by atoms with Gasteiger partial charge in [0, 0.05) is 18.0 Å². The van der Waals surface area contributed by atoms with Crippen LogP contribution in [-0.2, 0) is 0 Å². The maximum absolute atomic E-state index is 11.8. The van der Waals surface area contributed by atoms with Gasteiger partial charge in [-0.1, -0.05) is 0 Å². The van der Waals surface area contributed by atoms with Crippen LogP contribution in [-0.4, -0.2) is 15.9 Å². The molecule has 86 valence electrons. The van der Waals surface area contributed by atoms with Crippen molar-refractivity contribution in [1.29, 1.82) is 0 Å². The highest BCUT2D eigenvalue weighted by atomic mass is 79.9. The number of carbonyl (C=O) groups excluding carboxylic acids is 1. The summed E-state index contributed by atoms with van der Waals surface area (Å²) in [6.45, 7) is 0. The summed E-state index contributed by atoms with van der Waals surface area (Å²) in [7, 11) is 0. The summed E-state index contributed by atoms with van der Waals surface area (Å²) in [5, 5.41) is 2.67. The van der Waals surface area contributed by atoms with E-state index in [-0.39, 0.29) is 5.91 Å². The number of amides is 1. The summed E-state index contributed by atoms with van der Waals surface area (Å²) in [5.41, 5.74) is 6.60. The highest BCUT2D eigenvalue weighted by Crippen LogP contribution is 2.22. The molecule has 6 heteroatoms. The molecule has 0 aliphatic rings. The molecule has 0 atom stereocenters. The molecule has 3 N–H and O–H groups in total. The first-order valence-corrected chi connectivity index (χ1v) is 5.58. The zero-order chi connectivity index (χ0) is 12.3. The predicted octanol–water partition coefficient (Wildman–Crippen LogP) is 2.07. The number of hydrogen-bond donors (Lipinski definition) is 2. The Labute approximate surface area is 106 Å². The lowest BCUT2D eigenvalue weighted by Gasteiger charge is -2.06. The SMILES string of the molecule is Nc1cnc(NC(=O)c2ccncc2)c(Br)c1. The maximum atomic E-state index is 11.8. The van der Waals surface area contributed by atoms with Crippen LogP contribution in [0.1, 0.15) is 10.4 Å². The van der Waals surface area contributed by atoms with E-state index in [0.29, 0.717) is 21.5 Å². The second kappa shape index (κ2) is 4.92. The van der Waals surface area contributed by atoms with E-state index in [4.69, 9.17) is 5.73 Å². The largest absolute Gasteiger partial charge is 0.397 e. The molecule has 0 unspecified atom stereocenters. The van der Waals surface area contributed by atoms with Crippen molar-refractivity contribution >= 4 is 33.3 Å². The van der Waals surface area contributed by atoms with E-state index in [1.54, 1.807) is 30.6 Å². The number of nitrogen functional groups attached to an aromatic ring is 1. The van der Waals surface area contributed by atoms with E-state index in [1.807, 2.05) is 0 Å². The van der Waals surface area contributed by atoms with Crippen LogP contribution in [0.4, 0.5) is 11.5 Å². The van der Waals surface area contributed by atoms with Gasteiger partial charge in [-0.3, -0.25) is 9.78 Å². The van der Waals surface area contributed by atoms with Gasteiger partial charge in [0.2, 0.25) is 0 Å². The normalized spacial score (nSPS) is 9.94. The van der Waals surface area contributed by atoms with Crippen LogP contribution in [0.2, 0.25) is 0 Å². The van der Waals surface area contributed by atoms with E-state index >= 15 is 0 Å². The molecular formula is C11H9BrN4O. The number of halogens is 1. The summed E-state index contributed by atoms with van der Waals surface area (Å²) < 4.78 is 0.639. The Bertz CT molecular complexity index is 544. The third-order valence-electron chi connectivity index (χ3n) is 2.04. The average Bonchev–Trinajstić information content (AvgIpc) is 2.34. The van der Waals surface area contributed by atoms with Crippen LogP contribution in [0.25, 0.3) is 0 Å². The molecule has 2 aromatic rings. The quantitative estimate of drug-likeness (QED) is 0.888. The molecule has 0 aliphatic carbocycles. The molecule has 2 heterocycles. The van der Waals surface area contributed by atoms with Crippen molar-refractivity contribution in [1.82, 2.24) is 9.97 Å². The van der Waals surface area contributed by atoms with E-state index < -0.39 is 0 Å². The van der Waals surface area contributed by atoms with Crippen LogP contribution in [0, 0.1) is 0 Å². The molecule has 0 fully saturated rings. The molecule has 0 spiro atoms. The Kier molecular flexibility index (Phi) is 3.34. The lowest BCUT2D eigenvalue weighted by molar-refractivity contribution is 0.102. The fourth-order valence-corrected chi connectivity index (χ4v) is 1.69. The predicted molar refractivity (Wildman–Crippen MR) is 68.5 cm³/mol. The Morgan fingerprint density at radius 2 is 2.06 bits per heavy atom. The molecule has 2 aromatic heterocycles. The zero-order valence-corrected chi connectivity index (χ0v) is 10.3. The van der Waals surface area contributed by atoms with Gasteiger partial charge in [0.1, 0.15) is 5.82 Å². The molecule has 0 aromatic carbocycles. The van der Waals surface area contributed by atoms with Crippen molar-refractivity contribution in [3.05, 3.63) is 46.8 Å².